The Bertz CT molecular complexity index is 254. The fraction of sp³-hybridized carbons (Fsp3) is 0.750. The Morgan fingerprint density at radius 3 is 1.53 bits per heavy atom. The molecule has 2 atom stereocenters. The van der Waals surface area contributed by atoms with E-state index >= 15 is 0 Å². The van der Waals surface area contributed by atoms with E-state index in [2.05, 4.69) is 27.7 Å². The molecule has 112 valence electrons. The second-order valence-corrected chi connectivity index (χ2v) is 5.00. The van der Waals surface area contributed by atoms with Crippen LogP contribution in [0.1, 0.15) is 54.4 Å². The van der Waals surface area contributed by atoms with Gasteiger partial charge in [0, 0.05) is 13.2 Å². The quantitative estimate of drug-likeness (QED) is 0.549. The molecule has 0 aromatic carbocycles. The van der Waals surface area contributed by atoms with Crippen molar-refractivity contribution in [3.8, 4) is 0 Å². The Kier molecular flexibility index (Phi) is 10.6. The van der Waals surface area contributed by atoms with Gasteiger partial charge in [0.25, 0.3) is 0 Å². The lowest BCUT2D eigenvalue weighted by atomic mass is 10.1. The zero-order valence-corrected chi connectivity index (χ0v) is 13.4. The minimum Gasteiger partial charge on any atom is -0.473 e. The molecule has 3 heteroatoms. The van der Waals surface area contributed by atoms with E-state index in [4.69, 9.17) is 14.2 Å². The lowest BCUT2D eigenvalue weighted by Gasteiger charge is -2.12. The van der Waals surface area contributed by atoms with Crippen molar-refractivity contribution in [2.75, 3.05) is 13.2 Å². The molecule has 0 N–H and O–H groups in total. The number of hydrogen-bond donors (Lipinski definition) is 0. The summed E-state index contributed by atoms with van der Waals surface area (Å²) in [6.07, 6.45) is 5.88. The summed E-state index contributed by atoms with van der Waals surface area (Å²) in [6.45, 7) is 13.8. The van der Waals surface area contributed by atoms with Crippen LogP contribution < -0.4 is 0 Å². The van der Waals surface area contributed by atoms with Crippen molar-refractivity contribution in [1.29, 1.82) is 0 Å². The van der Waals surface area contributed by atoms with Crippen molar-refractivity contribution in [1.82, 2.24) is 0 Å². The van der Waals surface area contributed by atoms with E-state index in [-0.39, 0.29) is 12.2 Å². The molecule has 0 aliphatic heterocycles. The molecular weight excluding hydrogens is 240 g/mol. The molecule has 0 aromatic rings. The zero-order chi connectivity index (χ0) is 14.7. The van der Waals surface area contributed by atoms with Gasteiger partial charge in [0.1, 0.15) is 0 Å². The van der Waals surface area contributed by atoms with Crippen LogP contribution in [-0.2, 0) is 14.2 Å². The summed E-state index contributed by atoms with van der Waals surface area (Å²) in [5, 5.41) is 0. The first kappa shape index (κ1) is 18.2. The van der Waals surface area contributed by atoms with Gasteiger partial charge in [0.15, 0.2) is 0 Å². The molecule has 0 spiro atoms. The number of ether oxygens (including phenoxy) is 3. The largest absolute Gasteiger partial charge is 0.473 e. The van der Waals surface area contributed by atoms with Gasteiger partial charge in [-0.25, -0.2) is 0 Å². The molecule has 3 nitrogen and oxygen atoms in total. The highest BCUT2D eigenvalue weighted by Crippen LogP contribution is 2.10. The van der Waals surface area contributed by atoms with E-state index in [1.54, 1.807) is 12.5 Å². The fourth-order valence-corrected chi connectivity index (χ4v) is 1.96. The molecule has 0 saturated carbocycles. The molecule has 0 radical (unpaired) electrons. The van der Waals surface area contributed by atoms with E-state index < -0.39 is 0 Å². The van der Waals surface area contributed by atoms with E-state index in [0.29, 0.717) is 0 Å². The average molecular weight is 270 g/mol. The van der Waals surface area contributed by atoms with Crippen LogP contribution >= 0.6 is 0 Å². The monoisotopic (exact) mass is 270 g/mol. The van der Waals surface area contributed by atoms with Crippen LogP contribution in [0.15, 0.2) is 23.7 Å². The maximum Gasteiger partial charge on any atom is 0.0891 e. The highest BCUT2D eigenvalue weighted by molar-refractivity contribution is 4.99. The van der Waals surface area contributed by atoms with Crippen molar-refractivity contribution in [2.24, 2.45) is 0 Å². The van der Waals surface area contributed by atoms with Gasteiger partial charge >= 0.3 is 0 Å². The second-order valence-electron chi connectivity index (χ2n) is 5.00. The molecule has 2 unspecified atom stereocenters. The van der Waals surface area contributed by atoms with E-state index in [9.17, 15) is 0 Å². The highest BCUT2D eigenvalue weighted by atomic mass is 16.5. The molecule has 0 aromatic heterocycles. The van der Waals surface area contributed by atoms with E-state index in [0.717, 1.165) is 26.1 Å². The Hall–Kier alpha value is -0.800. The van der Waals surface area contributed by atoms with Crippen LogP contribution in [0.25, 0.3) is 0 Å². The molecule has 0 aliphatic rings. The van der Waals surface area contributed by atoms with E-state index in [1.807, 2.05) is 13.8 Å². The molecule has 0 bridgehead atoms. The molecule has 0 amide bonds. The summed E-state index contributed by atoms with van der Waals surface area (Å²) < 4.78 is 16.5. The Morgan fingerprint density at radius 2 is 1.21 bits per heavy atom. The summed E-state index contributed by atoms with van der Waals surface area (Å²) in [4.78, 5) is 0. The minimum absolute atomic E-state index is 0.243. The van der Waals surface area contributed by atoms with Gasteiger partial charge in [0.2, 0.25) is 0 Å². The predicted molar refractivity (Wildman–Crippen MR) is 80.0 cm³/mol. The normalized spacial score (nSPS) is 16.3. The minimum atomic E-state index is 0.243. The van der Waals surface area contributed by atoms with Crippen LogP contribution in [0.2, 0.25) is 0 Å². The lowest BCUT2D eigenvalue weighted by Crippen LogP contribution is -2.08. The SMILES string of the molecule is CCOC(C)CC(C)=COC=C(C)CC(C)OCC. The van der Waals surface area contributed by atoms with Crippen LogP contribution in [-0.4, -0.2) is 25.4 Å². The standard InChI is InChI=1S/C16H30O3/c1-7-18-15(5)9-13(3)11-17-12-14(4)10-16(6)19-8-2/h11-12,15-16H,7-10H2,1-6H3. The lowest BCUT2D eigenvalue weighted by molar-refractivity contribution is 0.0760. The maximum absolute atomic E-state index is 5.49. The van der Waals surface area contributed by atoms with Gasteiger partial charge in [-0.3, -0.25) is 0 Å². The maximum atomic E-state index is 5.49. The first-order valence-corrected chi connectivity index (χ1v) is 7.19. The Balaban J connectivity index is 4.02. The van der Waals surface area contributed by atoms with Crippen LogP contribution in [0.3, 0.4) is 0 Å². The fourth-order valence-electron chi connectivity index (χ4n) is 1.96. The van der Waals surface area contributed by atoms with Crippen molar-refractivity contribution in [3.63, 3.8) is 0 Å². The third kappa shape index (κ3) is 10.8. The third-order valence-corrected chi connectivity index (χ3v) is 2.66. The van der Waals surface area contributed by atoms with Crippen molar-refractivity contribution >= 4 is 0 Å². The van der Waals surface area contributed by atoms with E-state index in [1.165, 1.54) is 11.1 Å². The molecule has 0 aliphatic carbocycles. The van der Waals surface area contributed by atoms with Crippen LogP contribution in [0, 0.1) is 0 Å². The van der Waals surface area contributed by atoms with Gasteiger partial charge in [-0.15, -0.1) is 0 Å². The molecule has 0 heterocycles. The van der Waals surface area contributed by atoms with Crippen molar-refractivity contribution < 1.29 is 14.2 Å². The molecule has 0 fully saturated rings. The molecule has 0 rings (SSSR count). The number of rotatable bonds is 10. The summed E-state index contributed by atoms with van der Waals surface area (Å²) in [5.41, 5.74) is 2.37. The van der Waals surface area contributed by atoms with Gasteiger partial charge in [0.05, 0.1) is 24.7 Å². The first-order chi connectivity index (χ1) is 8.99. The first-order valence-electron chi connectivity index (χ1n) is 7.19. The number of hydrogen-bond acceptors (Lipinski definition) is 3. The Labute approximate surface area is 118 Å². The summed E-state index contributed by atoms with van der Waals surface area (Å²) in [7, 11) is 0. The van der Waals surface area contributed by atoms with Gasteiger partial charge in [-0.05, 0) is 65.5 Å². The molecule has 0 saturated heterocycles. The Morgan fingerprint density at radius 1 is 0.842 bits per heavy atom. The van der Waals surface area contributed by atoms with Gasteiger partial charge in [-0.1, -0.05) is 0 Å². The van der Waals surface area contributed by atoms with Gasteiger partial charge < -0.3 is 14.2 Å². The van der Waals surface area contributed by atoms with Crippen molar-refractivity contribution in [3.05, 3.63) is 23.7 Å². The van der Waals surface area contributed by atoms with Crippen LogP contribution in [0.4, 0.5) is 0 Å². The zero-order valence-electron chi connectivity index (χ0n) is 13.4. The summed E-state index contributed by atoms with van der Waals surface area (Å²) in [5.74, 6) is 0. The second kappa shape index (κ2) is 11.1. The van der Waals surface area contributed by atoms with Crippen molar-refractivity contribution in [2.45, 2.75) is 66.6 Å². The highest BCUT2D eigenvalue weighted by Gasteiger charge is 2.03. The average Bonchev–Trinajstić information content (AvgIpc) is 2.28. The summed E-state index contributed by atoms with van der Waals surface area (Å²) >= 11 is 0. The predicted octanol–water partition coefficient (Wildman–Crippen LogP) is 4.44. The molecule has 19 heavy (non-hydrogen) atoms. The smallest absolute Gasteiger partial charge is 0.0891 e. The molecular formula is C16H30O3. The topological polar surface area (TPSA) is 27.7 Å². The third-order valence-electron chi connectivity index (χ3n) is 2.66. The van der Waals surface area contributed by atoms with Crippen LogP contribution in [0.5, 0.6) is 0 Å². The van der Waals surface area contributed by atoms with Gasteiger partial charge in [-0.2, -0.15) is 0 Å². The summed E-state index contributed by atoms with van der Waals surface area (Å²) in [6, 6.07) is 0.